The maximum absolute atomic E-state index is 2.78. The summed E-state index contributed by atoms with van der Waals surface area (Å²) in [4.78, 5) is 0. The predicted molar refractivity (Wildman–Crippen MR) is 163 cm³/mol. The fourth-order valence-corrected chi connectivity index (χ4v) is 9.92. The molecule has 3 saturated carbocycles. The third kappa shape index (κ3) is 6.14. The Morgan fingerprint density at radius 2 is 1.50 bits per heavy atom. The Bertz CT molecular complexity index is 670. The smallest absolute Gasteiger partial charge is 0.00851 e. The molecule has 0 aromatic carbocycles. The molecule has 4 aliphatic rings. The molecule has 0 spiro atoms. The molecule has 0 amide bonds. The third-order valence-electron chi connectivity index (χ3n) is 12.3. The Hall–Kier alpha value is -0.260. The number of hydrogen-bond donors (Lipinski definition) is 0. The van der Waals surface area contributed by atoms with Crippen LogP contribution in [-0.4, -0.2) is 0 Å². The van der Waals surface area contributed by atoms with Gasteiger partial charge in [0.2, 0.25) is 0 Å². The van der Waals surface area contributed by atoms with E-state index in [1.165, 1.54) is 70.6 Å². The van der Waals surface area contributed by atoms with E-state index in [2.05, 4.69) is 61.5 Å². The van der Waals surface area contributed by atoms with Crippen molar-refractivity contribution >= 4 is 0 Å². The first-order valence-corrected chi connectivity index (χ1v) is 16.8. The van der Waals surface area contributed by atoms with Gasteiger partial charge in [-0.2, -0.15) is 0 Å². The summed E-state index contributed by atoms with van der Waals surface area (Å²) in [6.07, 6.45) is 18.9. The standard InChI is InChI=1S/C32H56.2C2H6/c1-9-24(21(2)3)11-10-23(6)28-14-15-29-27-13-12-26-20-25(22(4)5)16-18-31(26,7)30(27)17-19-32(28,29)8;2*1-2/h12,21-25,27-30H,9-11,13-20H2,1-8H3;2*1-2H3/t23-,24?,25?,27?,28?,29?,30?,31?,32?;;/m1../s1. The molecule has 4 aliphatic carbocycles. The van der Waals surface area contributed by atoms with Gasteiger partial charge in [-0.25, -0.2) is 0 Å². The zero-order chi connectivity index (χ0) is 27.3. The van der Waals surface area contributed by atoms with E-state index >= 15 is 0 Å². The van der Waals surface area contributed by atoms with Crippen molar-refractivity contribution in [3.05, 3.63) is 11.6 Å². The van der Waals surface area contributed by atoms with Gasteiger partial charge < -0.3 is 0 Å². The zero-order valence-electron chi connectivity index (χ0n) is 27.1. The Morgan fingerprint density at radius 1 is 0.833 bits per heavy atom. The van der Waals surface area contributed by atoms with Crippen LogP contribution >= 0.6 is 0 Å². The highest BCUT2D eigenvalue weighted by Gasteiger charge is 2.59. The average molecular weight is 501 g/mol. The second-order valence-electron chi connectivity index (χ2n) is 14.2. The minimum Gasteiger partial charge on any atom is -0.0845 e. The average Bonchev–Trinajstić information content (AvgIpc) is 3.23. The van der Waals surface area contributed by atoms with Gasteiger partial charge in [-0.3, -0.25) is 0 Å². The lowest BCUT2D eigenvalue weighted by Crippen LogP contribution is -2.50. The van der Waals surface area contributed by atoms with Crippen molar-refractivity contribution < 1.29 is 0 Å². The van der Waals surface area contributed by atoms with Crippen LogP contribution in [0.25, 0.3) is 0 Å². The molecule has 3 fully saturated rings. The molecule has 0 aromatic heterocycles. The maximum Gasteiger partial charge on any atom is -0.00851 e. The van der Waals surface area contributed by atoms with E-state index in [-0.39, 0.29) is 0 Å². The first kappa shape index (κ1) is 32.0. The van der Waals surface area contributed by atoms with Gasteiger partial charge in [-0.05, 0) is 122 Å². The summed E-state index contributed by atoms with van der Waals surface area (Å²) in [6.45, 7) is 28.3. The van der Waals surface area contributed by atoms with Gasteiger partial charge in [-0.1, -0.05) is 108 Å². The van der Waals surface area contributed by atoms with Crippen LogP contribution in [0.2, 0.25) is 0 Å². The van der Waals surface area contributed by atoms with Crippen molar-refractivity contribution in [1.29, 1.82) is 0 Å². The van der Waals surface area contributed by atoms with Crippen LogP contribution in [0.15, 0.2) is 11.6 Å². The van der Waals surface area contributed by atoms with E-state index < -0.39 is 0 Å². The number of allylic oxidation sites excluding steroid dienone is 2. The molecule has 0 heterocycles. The van der Waals surface area contributed by atoms with Crippen molar-refractivity contribution in [3.8, 4) is 0 Å². The summed E-state index contributed by atoms with van der Waals surface area (Å²) in [6, 6.07) is 0. The van der Waals surface area contributed by atoms with E-state index in [4.69, 9.17) is 0 Å². The molecule has 0 nitrogen and oxygen atoms in total. The van der Waals surface area contributed by atoms with Crippen LogP contribution in [0.5, 0.6) is 0 Å². The second kappa shape index (κ2) is 13.7. The molecular weight excluding hydrogens is 432 g/mol. The summed E-state index contributed by atoms with van der Waals surface area (Å²) in [5, 5.41) is 0. The molecule has 0 heteroatoms. The molecule has 0 bridgehead atoms. The fourth-order valence-electron chi connectivity index (χ4n) is 9.92. The highest BCUT2D eigenvalue weighted by atomic mass is 14.6. The van der Waals surface area contributed by atoms with Crippen molar-refractivity contribution in [2.45, 2.75) is 154 Å². The Kier molecular flexibility index (Phi) is 12.2. The first-order valence-electron chi connectivity index (χ1n) is 16.8. The zero-order valence-corrected chi connectivity index (χ0v) is 27.1. The fraction of sp³-hybridized carbons (Fsp3) is 0.944. The van der Waals surface area contributed by atoms with E-state index in [1.54, 1.807) is 0 Å². The SMILES string of the molecule is CC.CC.CCC(CC[C@@H](C)C1CCC2C3CC=C4CC(C(C)C)CCC4(C)C3CCC21C)C(C)C. The van der Waals surface area contributed by atoms with Crippen LogP contribution < -0.4 is 0 Å². The molecule has 0 N–H and O–H groups in total. The summed E-state index contributed by atoms with van der Waals surface area (Å²) in [5.41, 5.74) is 3.04. The van der Waals surface area contributed by atoms with E-state index in [9.17, 15) is 0 Å². The lowest BCUT2D eigenvalue weighted by Gasteiger charge is -2.59. The van der Waals surface area contributed by atoms with Gasteiger partial charge in [0, 0.05) is 0 Å². The van der Waals surface area contributed by atoms with Gasteiger partial charge in [-0.15, -0.1) is 0 Å². The molecule has 4 rings (SSSR count). The Morgan fingerprint density at radius 3 is 2.08 bits per heavy atom. The van der Waals surface area contributed by atoms with Gasteiger partial charge in [0.15, 0.2) is 0 Å². The Labute approximate surface area is 229 Å². The predicted octanol–water partition coefficient (Wildman–Crippen LogP) is 12.0. The van der Waals surface area contributed by atoms with E-state index in [0.717, 1.165) is 53.3 Å². The molecule has 0 saturated heterocycles. The number of hydrogen-bond acceptors (Lipinski definition) is 0. The lowest BCUT2D eigenvalue weighted by atomic mass is 9.46. The van der Waals surface area contributed by atoms with Crippen LogP contribution in [0, 0.1) is 64.1 Å². The Balaban J connectivity index is 0.00000109. The highest BCUT2D eigenvalue weighted by molar-refractivity contribution is 5.25. The molecular formula is C36H68. The largest absolute Gasteiger partial charge is 0.0845 e. The molecule has 212 valence electrons. The highest BCUT2D eigenvalue weighted by Crippen LogP contribution is 2.67. The van der Waals surface area contributed by atoms with Crippen LogP contribution in [-0.2, 0) is 0 Å². The minimum absolute atomic E-state index is 0.533. The van der Waals surface area contributed by atoms with Gasteiger partial charge in [0.05, 0.1) is 0 Å². The summed E-state index contributed by atoms with van der Waals surface area (Å²) < 4.78 is 0. The van der Waals surface area contributed by atoms with Gasteiger partial charge in [0.25, 0.3) is 0 Å². The third-order valence-corrected chi connectivity index (χ3v) is 12.3. The van der Waals surface area contributed by atoms with E-state index in [0.29, 0.717) is 10.8 Å². The lowest BCUT2D eigenvalue weighted by molar-refractivity contribution is -0.0541. The van der Waals surface area contributed by atoms with Crippen molar-refractivity contribution in [1.82, 2.24) is 0 Å². The van der Waals surface area contributed by atoms with E-state index in [1.807, 2.05) is 33.3 Å². The molecule has 36 heavy (non-hydrogen) atoms. The quantitative estimate of drug-likeness (QED) is 0.305. The molecule has 8 unspecified atom stereocenters. The summed E-state index contributed by atoms with van der Waals surface area (Å²) >= 11 is 0. The molecule has 0 aromatic rings. The summed E-state index contributed by atoms with van der Waals surface area (Å²) in [5.74, 6) is 8.43. The van der Waals surface area contributed by atoms with Crippen LogP contribution in [0.3, 0.4) is 0 Å². The first-order chi connectivity index (χ1) is 17.1. The normalized spacial score (nSPS) is 38.9. The monoisotopic (exact) mass is 501 g/mol. The van der Waals surface area contributed by atoms with Crippen molar-refractivity contribution in [2.24, 2.45) is 64.1 Å². The molecule has 9 atom stereocenters. The van der Waals surface area contributed by atoms with Crippen molar-refractivity contribution in [3.63, 3.8) is 0 Å². The minimum atomic E-state index is 0.533. The summed E-state index contributed by atoms with van der Waals surface area (Å²) in [7, 11) is 0. The topological polar surface area (TPSA) is 0 Å². The molecule has 0 aliphatic heterocycles. The number of rotatable bonds is 7. The number of fused-ring (bicyclic) bond motifs is 5. The van der Waals surface area contributed by atoms with Gasteiger partial charge >= 0.3 is 0 Å². The van der Waals surface area contributed by atoms with Crippen molar-refractivity contribution in [2.75, 3.05) is 0 Å². The van der Waals surface area contributed by atoms with Crippen LogP contribution in [0.4, 0.5) is 0 Å². The maximum atomic E-state index is 2.78. The second-order valence-corrected chi connectivity index (χ2v) is 14.2. The van der Waals surface area contributed by atoms with Gasteiger partial charge in [0.1, 0.15) is 0 Å². The molecule has 0 radical (unpaired) electrons. The van der Waals surface area contributed by atoms with Crippen LogP contribution in [0.1, 0.15) is 154 Å².